The smallest absolute Gasteiger partial charge is 0.224 e. The fraction of sp³-hybridized carbons (Fsp3) is 0.130. The topological polar surface area (TPSA) is 56.1 Å². The minimum atomic E-state index is -0.0730. The van der Waals surface area contributed by atoms with E-state index in [0.29, 0.717) is 24.3 Å². The van der Waals surface area contributed by atoms with E-state index in [4.69, 9.17) is 9.72 Å². The Morgan fingerprint density at radius 3 is 2.50 bits per heavy atom. The summed E-state index contributed by atoms with van der Waals surface area (Å²) in [6.45, 7) is 0. The van der Waals surface area contributed by atoms with E-state index >= 15 is 0 Å². The number of hydrogen-bond donors (Lipinski definition) is 1. The number of rotatable bonds is 6. The van der Waals surface area contributed by atoms with E-state index in [9.17, 15) is 4.79 Å². The first-order valence-corrected chi connectivity index (χ1v) is 9.21. The van der Waals surface area contributed by atoms with Crippen LogP contribution in [0, 0.1) is 0 Å². The first-order valence-electron chi connectivity index (χ1n) is 9.21. The first kappa shape index (κ1) is 17.8. The molecule has 4 aromatic rings. The maximum absolute atomic E-state index is 12.5. The van der Waals surface area contributed by atoms with E-state index in [0.717, 1.165) is 22.5 Å². The molecule has 5 nitrogen and oxygen atoms in total. The van der Waals surface area contributed by atoms with Crippen molar-refractivity contribution < 1.29 is 9.53 Å². The minimum absolute atomic E-state index is 0.0730. The molecule has 0 spiro atoms. The molecule has 0 atom stereocenters. The average molecular weight is 371 g/mol. The molecule has 0 aliphatic heterocycles. The fourth-order valence-corrected chi connectivity index (χ4v) is 3.29. The molecular formula is C23H21N3O2. The lowest BCUT2D eigenvalue weighted by molar-refractivity contribution is -0.116. The lowest BCUT2D eigenvalue weighted by Crippen LogP contribution is -2.14. The molecule has 0 saturated heterocycles. The molecule has 0 unspecified atom stereocenters. The lowest BCUT2D eigenvalue weighted by Gasteiger charge is -2.11. The summed E-state index contributed by atoms with van der Waals surface area (Å²) < 4.78 is 7.41. The number of para-hydroxylation sites is 5. The third-order valence-corrected chi connectivity index (χ3v) is 4.60. The molecular weight excluding hydrogens is 350 g/mol. The SMILES string of the molecule is COc1ccccc1NC(=O)CCc1nc2ccccc2n1-c1ccccc1. The number of imidazole rings is 1. The van der Waals surface area contributed by atoms with E-state index in [-0.39, 0.29) is 5.91 Å². The van der Waals surface area contributed by atoms with E-state index in [1.165, 1.54) is 0 Å². The van der Waals surface area contributed by atoms with Crippen LogP contribution >= 0.6 is 0 Å². The van der Waals surface area contributed by atoms with Crippen LogP contribution in [0.15, 0.2) is 78.9 Å². The Morgan fingerprint density at radius 1 is 0.964 bits per heavy atom. The second kappa shape index (κ2) is 7.96. The monoisotopic (exact) mass is 371 g/mol. The molecule has 0 bridgehead atoms. The van der Waals surface area contributed by atoms with Gasteiger partial charge in [0.25, 0.3) is 0 Å². The molecule has 0 aliphatic rings. The van der Waals surface area contributed by atoms with Crippen LogP contribution in [0.1, 0.15) is 12.2 Å². The predicted octanol–water partition coefficient (Wildman–Crippen LogP) is 4.61. The summed E-state index contributed by atoms with van der Waals surface area (Å²) in [6.07, 6.45) is 0.860. The number of benzene rings is 3. The highest BCUT2D eigenvalue weighted by Crippen LogP contribution is 2.24. The Kier molecular flexibility index (Phi) is 5.06. The summed E-state index contributed by atoms with van der Waals surface area (Å²) in [5.74, 6) is 1.44. The molecule has 1 amide bonds. The highest BCUT2D eigenvalue weighted by molar-refractivity contribution is 5.92. The van der Waals surface area contributed by atoms with Gasteiger partial charge in [0.05, 0.1) is 23.8 Å². The Labute approximate surface area is 163 Å². The van der Waals surface area contributed by atoms with Gasteiger partial charge in [0, 0.05) is 18.5 Å². The number of nitrogens with one attached hydrogen (secondary N) is 1. The number of anilines is 1. The average Bonchev–Trinajstić information content (AvgIpc) is 3.12. The number of methoxy groups -OCH3 is 1. The fourth-order valence-electron chi connectivity index (χ4n) is 3.29. The van der Waals surface area contributed by atoms with Gasteiger partial charge in [-0.2, -0.15) is 0 Å². The number of ether oxygens (including phenoxy) is 1. The van der Waals surface area contributed by atoms with Crippen molar-refractivity contribution in [1.82, 2.24) is 9.55 Å². The summed E-state index contributed by atoms with van der Waals surface area (Å²) in [5, 5.41) is 2.92. The van der Waals surface area contributed by atoms with Gasteiger partial charge in [-0.05, 0) is 36.4 Å². The van der Waals surface area contributed by atoms with Crippen LogP contribution in [0.4, 0.5) is 5.69 Å². The Bertz CT molecular complexity index is 1100. The highest BCUT2D eigenvalue weighted by Gasteiger charge is 2.14. The Morgan fingerprint density at radius 2 is 1.68 bits per heavy atom. The quantitative estimate of drug-likeness (QED) is 0.539. The van der Waals surface area contributed by atoms with E-state index < -0.39 is 0 Å². The van der Waals surface area contributed by atoms with Crippen LogP contribution < -0.4 is 10.1 Å². The summed E-state index contributed by atoms with van der Waals surface area (Å²) in [5.41, 5.74) is 3.67. The van der Waals surface area contributed by atoms with Crippen molar-refractivity contribution in [3.8, 4) is 11.4 Å². The van der Waals surface area contributed by atoms with Gasteiger partial charge in [-0.25, -0.2) is 4.98 Å². The number of nitrogens with zero attached hydrogens (tertiary/aromatic N) is 2. The normalized spacial score (nSPS) is 10.8. The van der Waals surface area contributed by atoms with Crippen LogP contribution in [-0.4, -0.2) is 22.6 Å². The number of aryl methyl sites for hydroxylation is 1. The molecule has 1 heterocycles. The number of hydrogen-bond acceptors (Lipinski definition) is 3. The van der Waals surface area contributed by atoms with E-state index in [2.05, 4.69) is 9.88 Å². The first-order chi connectivity index (χ1) is 13.8. The molecule has 0 radical (unpaired) electrons. The third-order valence-electron chi connectivity index (χ3n) is 4.60. The second-order valence-corrected chi connectivity index (χ2v) is 6.44. The second-order valence-electron chi connectivity index (χ2n) is 6.44. The van der Waals surface area contributed by atoms with Crippen LogP contribution in [0.3, 0.4) is 0 Å². The van der Waals surface area contributed by atoms with Crippen molar-refractivity contribution in [2.24, 2.45) is 0 Å². The molecule has 28 heavy (non-hydrogen) atoms. The van der Waals surface area contributed by atoms with Crippen LogP contribution in [0.5, 0.6) is 5.75 Å². The standard InChI is InChI=1S/C23H21N3O2/c1-28-21-14-8-6-12-19(21)25-23(27)16-15-22-24-18-11-5-7-13-20(18)26(22)17-9-3-2-4-10-17/h2-14H,15-16H2,1H3,(H,25,27). The van der Waals surface area contributed by atoms with Gasteiger partial charge in [-0.15, -0.1) is 0 Å². The van der Waals surface area contributed by atoms with Gasteiger partial charge in [0.15, 0.2) is 0 Å². The van der Waals surface area contributed by atoms with Crippen molar-refractivity contribution in [2.75, 3.05) is 12.4 Å². The molecule has 1 N–H and O–H groups in total. The molecule has 0 fully saturated rings. The largest absolute Gasteiger partial charge is 0.495 e. The lowest BCUT2D eigenvalue weighted by atomic mass is 10.2. The summed E-state index contributed by atoms with van der Waals surface area (Å²) in [7, 11) is 1.59. The Balaban J connectivity index is 1.57. The zero-order chi connectivity index (χ0) is 19.3. The van der Waals surface area contributed by atoms with Gasteiger partial charge in [0.1, 0.15) is 11.6 Å². The molecule has 5 heteroatoms. The number of carbonyl (C=O) groups is 1. The van der Waals surface area contributed by atoms with E-state index in [1.807, 2.05) is 78.9 Å². The van der Waals surface area contributed by atoms with Gasteiger partial charge in [-0.3, -0.25) is 9.36 Å². The van der Waals surface area contributed by atoms with Crippen LogP contribution in [-0.2, 0) is 11.2 Å². The molecule has 4 rings (SSSR count). The van der Waals surface area contributed by atoms with Crippen LogP contribution in [0.25, 0.3) is 16.7 Å². The number of carbonyl (C=O) groups excluding carboxylic acids is 1. The molecule has 3 aromatic carbocycles. The zero-order valence-electron chi connectivity index (χ0n) is 15.6. The number of amides is 1. The highest BCUT2D eigenvalue weighted by atomic mass is 16.5. The molecule has 140 valence electrons. The molecule has 0 saturated carbocycles. The van der Waals surface area contributed by atoms with Gasteiger partial charge in [0.2, 0.25) is 5.91 Å². The van der Waals surface area contributed by atoms with Crippen LogP contribution in [0.2, 0.25) is 0 Å². The zero-order valence-corrected chi connectivity index (χ0v) is 15.6. The minimum Gasteiger partial charge on any atom is -0.495 e. The van der Waals surface area contributed by atoms with Gasteiger partial charge >= 0.3 is 0 Å². The van der Waals surface area contributed by atoms with Crippen molar-refractivity contribution in [3.63, 3.8) is 0 Å². The number of fused-ring (bicyclic) bond motifs is 1. The predicted molar refractivity (Wildman–Crippen MR) is 111 cm³/mol. The van der Waals surface area contributed by atoms with Crippen molar-refractivity contribution in [3.05, 3.63) is 84.7 Å². The van der Waals surface area contributed by atoms with E-state index in [1.54, 1.807) is 7.11 Å². The third kappa shape index (κ3) is 3.60. The number of aromatic nitrogens is 2. The summed E-state index contributed by atoms with van der Waals surface area (Å²) >= 11 is 0. The van der Waals surface area contributed by atoms with Crippen molar-refractivity contribution in [2.45, 2.75) is 12.8 Å². The summed E-state index contributed by atoms with van der Waals surface area (Å²) in [6, 6.07) is 25.5. The van der Waals surface area contributed by atoms with Gasteiger partial charge in [-0.1, -0.05) is 42.5 Å². The Hall–Kier alpha value is -3.60. The molecule has 1 aromatic heterocycles. The van der Waals surface area contributed by atoms with Crippen molar-refractivity contribution >= 4 is 22.6 Å². The maximum atomic E-state index is 12.5. The maximum Gasteiger partial charge on any atom is 0.224 e. The van der Waals surface area contributed by atoms with Crippen molar-refractivity contribution in [1.29, 1.82) is 0 Å². The van der Waals surface area contributed by atoms with Gasteiger partial charge < -0.3 is 10.1 Å². The summed E-state index contributed by atoms with van der Waals surface area (Å²) in [4.78, 5) is 17.3. The molecule has 0 aliphatic carbocycles.